The number of halogens is 2. The zero-order chi connectivity index (χ0) is 15.6. The van der Waals surface area contributed by atoms with Gasteiger partial charge in [-0.05, 0) is 24.6 Å². The zero-order valence-corrected chi connectivity index (χ0v) is 14.0. The molecule has 1 aromatic heterocycles. The summed E-state index contributed by atoms with van der Waals surface area (Å²) in [4.78, 5) is 3.94. The predicted molar refractivity (Wildman–Crippen MR) is 83.2 cm³/mol. The molecule has 5 nitrogen and oxygen atoms in total. The van der Waals surface area contributed by atoms with Crippen LogP contribution in [0.25, 0.3) is 0 Å². The molecule has 0 amide bonds. The quantitative estimate of drug-likeness (QED) is 0.852. The van der Waals surface area contributed by atoms with Crippen LogP contribution in [0.15, 0.2) is 28.6 Å². The lowest BCUT2D eigenvalue weighted by Crippen LogP contribution is -2.27. The van der Waals surface area contributed by atoms with Crippen molar-refractivity contribution in [3.8, 4) is 0 Å². The van der Waals surface area contributed by atoms with E-state index in [2.05, 4.69) is 9.71 Å². The number of nitrogens with zero attached hydrogens (tertiary/aromatic N) is 1. The number of thiazole rings is 1. The lowest BCUT2D eigenvalue weighted by molar-refractivity contribution is 0.281. The Morgan fingerprint density at radius 3 is 2.67 bits per heavy atom. The lowest BCUT2D eigenvalue weighted by Gasteiger charge is -2.14. The van der Waals surface area contributed by atoms with Gasteiger partial charge in [0.15, 0.2) is 0 Å². The standard InChI is InChI=1S/C12H12Cl2N2O3S2/c1-7(12-15-2-3-20-12)16-21(18,19)11-4-8(6-17)9(13)5-10(11)14/h2-5,7,16-17H,6H2,1H3. The number of aromatic nitrogens is 1. The first-order chi connectivity index (χ1) is 9.85. The minimum atomic E-state index is -3.85. The van der Waals surface area contributed by atoms with Gasteiger partial charge in [0, 0.05) is 16.6 Å². The zero-order valence-electron chi connectivity index (χ0n) is 10.9. The Morgan fingerprint density at radius 2 is 2.10 bits per heavy atom. The second-order valence-electron chi connectivity index (χ2n) is 4.25. The van der Waals surface area contributed by atoms with Gasteiger partial charge in [-0.25, -0.2) is 18.1 Å². The largest absolute Gasteiger partial charge is 0.392 e. The molecule has 0 saturated carbocycles. The Morgan fingerprint density at radius 1 is 1.38 bits per heavy atom. The Kier molecular flexibility index (Phi) is 5.24. The maximum Gasteiger partial charge on any atom is 0.242 e. The third-order valence-corrected chi connectivity index (χ3v) is 6.03. The lowest BCUT2D eigenvalue weighted by atomic mass is 10.2. The highest BCUT2D eigenvalue weighted by molar-refractivity contribution is 7.89. The maximum absolute atomic E-state index is 12.4. The average Bonchev–Trinajstić information content (AvgIpc) is 2.91. The fourth-order valence-electron chi connectivity index (χ4n) is 1.69. The summed E-state index contributed by atoms with van der Waals surface area (Å²) in [6.07, 6.45) is 1.60. The number of aliphatic hydroxyl groups excluding tert-OH is 1. The summed E-state index contributed by atoms with van der Waals surface area (Å²) in [7, 11) is -3.85. The summed E-state index contributed by atoms with van der Waals surface area (Å²) in [5.41, 5.74) is 0.295. The average molecular weight is 367 g/mol. The summed E-state index contributed by atoms with van der Waals surface area (Å²) >= 11 is 13.2. The van der Waals surface area contributed by atoms with E-state index in [1.165, 1.54) is 23.5 Å². The van der Waals surface area contributed by atoms with Crippen LogP contribution in [0.5, 0.6) is 0 Å². The van der Waals surface area contributed by atoms with Crippen molar-refractivity contribution >= 4 is 44.6 Å². The number of sulfonamides is 1. The molecule has 1 heterocycles. The fourth-order valence-corrected chi connectivity index (χ4v) is 4.48. The van der Waals surface area contributed by atoms with Crippen molar-refractivity contribution in [1.82, 2.24) is 9.71 Å². The molecule has 21 heavy (non-hydrogen) atoms. The number of nitrogens with one attached hydrogen (secondary N) is 1. The van der Waals surface area contributed by atoms with Crippen molar-refractivity contribution in [2.24, 2.45) is 0 Å². The molecule has 0 fully saturated rings. The summed E-state index contributed by atoms with van der Waals surface area (Å²) in [6.45, 7) is 1.31. The second kappa shape index (κ2) is 6.60. The molecule has 0 bridgehead atoms. The molecule has 0 radical (unpaired) electrons. The molecule has 0 aliphatic carbocycles. The van der Waals surface area contributed by atoms with E-state index in [4.69, 9.17) is 23.2 Å². The van der Waals surface area contributed by atoms with Crippen LogP contribution in [0.1, 0.15) is 23.5 Å². The van der Waals surface area contributed by atoms with Crippen molar-refractivity contribution in [2.45, 2.75) is 24.5 Å². The number of hydrogen-bond acceptors (Lipinski definition) is 5. The molecular formula is C12H12Cl2N2O3S2. The topological polar surface area (TPSA) is 79.3 Å². The van der Waals surface area contributed by atoms with Crippen LogP contribution in [-0.4, -0.2) is 18.5 Å². The first kappa shape index (κ1) is 16.7. The number of hydrogen-bond donors (Lipinski definition) is 2. The molecular weight excluding hydrogens is 355 g/mol. The van der Waals surface area contributed by atoms with Crippen LogP contribution in [0.2, 0.25) is 10.0 Å². The molecule has 2 N–H and O–H groups in total. The van der Waals surface area contributed by atoms with Crippen molar-refractivity contribution in [3.63, 3.8) is 0 Å². The summed E-state index contributed by atoms with van der Waals surface area (Å²) in [5.74, 6) is 0. The van der Waals surface area contributed by atoms with Crippen molar-refractivity contribution in [3.05, 3.63) is 44.3 Å². The number of rotatable bonds is 5. The molecule has 0 spiro atoms. The van der Waals surface area contributed by atoms with Crippen LogP contribution in [0.3, 0.4) is 0 Å². The second-order valence-corrected chi connectivity index (χ2v) is 7.67. The van der Waals surface area contributed by atoms with Gasteiger partial charge in [0.2, 0.25) is 10.0 Å². The highest BCUT2D eigenvalue weighted by Crippen LogP contribution is 2.29. The van der Waals surface area contributed by atoms with E-state index in [1.54, 1.807) is 18.5 Å². The van der Waals surface area contributed by atoms with Gasteiger partial charge in [0.1, 0.15) is 9.90 Å². The van der Waals surface area contributed by atoms with Gasteiger partial charge in [-0.15, -0.1) is 11.3 Å². The number of benzene rings is 1. The highest BCUT2D eigenvalue weighted by Gasteiger charge is 2.23. The summed E-state index contributed by atoms with van der Waals surface area (Å²) in [6, 6.07) is 2.08. The Balaban J connectivity index is 2.36. The Hall–Kier alpha value is -0.700. The molecule has 0 saturated heterocycles. The van der Waals surface area contributed by atoms with Crippen LogP contribution in [-0.2, 0) is 16.6 Å². The third-order valence-electron chi connectivity index (χ3n) is 2.71. The molecule has 114 valence electrons. The van der Waals surface area contributed by atoms with Gasteiger partial charge in [0.25, 0.3) is 0 Å². The van der Waals surface area contributed by atoms with E-state index >= 15 is 0 Å². The molecule has 1 aromatic carbocycles. The molecule has 9 heteroatoms. The smallest absolute Gasteiger partial charge is 0.242 e. The molecule has 2 rings (SSSR count). The van der Waals surface area contributed by atoms with Crippen molar-refractivity contribution in [1.29, 1.82) is 0 Å². The van der Waals surface area contributed by atoms with Gasteiger partial charge in [-0.3, -0.25) is 0 Å². The van der Waals surface area contributed by atoms with Crippen LogP contribution in [0.4, 0.5) is 0 Å². The number of aliphatic hydroxyl groups is 1. The summed E-state index contributed by atoms with van der Waals surface area (Å²) < 4.78 is 27.3. The van der Waals surface area contributed by atoms with Crippen LogP contribution >= 0.6 is 34.5 Å². The summed E-state index contributed by atoms with van der Waals surface area (Å²) in [5, 5.41) is 11.8. The van der Waals surface area contributed by atoms with Crippen LogP contribution < -0.4 is 4.72 Å². The third kappa shape index (κ3) is 3.74. The molecule has 1 atom stereocenters. The van der Waals surface area contributed by atoms with Gasteiger partial charge < -0.3 is 5.11 Å². The first-order valence-corrected chi connectivity index (χ1v) is 8.97. The normalized spacial score (nSPS) is 13.3. The fraction of sp³-hybridized carbons (Fsp3) is 0.250. The van der Waals surface area contributed by atoms with E-state index in [1.807, 2.05) is 0 Å². The van der Waals surface area contributed by atoms with E-state index in [0.29, 0.717) is 10.6 Å². The van der Waals surface area contributed by atoms with Gasteiger partial charge >= 0.3 is 0 Å². The Bertz CT molecular complexity index is 733. The van der Waals surface area contributed by atoms with E-state index in [9.17, 15) is 13.5 Å². The Labute approximate surface area is 136 Å². The van der Waals surface area contributed by atoms with Crippen molar-refractivity contribution in [2.75, 3.05) is 0 Å². The maximum atomic E-state index is 12.4. The highest BCUT2D eigenvalue weighted by atomic mass is 35.5. The molecule has 1 unspecified atom stereocenters. The van der Waals surface area contributed by atoms with Gasteiger partial charge in [-0.1, -0.05) is 23.2 Å². The van der Waals surface area contributed by atoms with E-state index < -0.39 is 16.1 Å². The van der Waals surface area contributed by atoms with Gasteiger partial charge in [0.05, 0.1) is 17.7 Å². The van der Waals surface area contributed by atoms with E-state index in [0.717, 1.165) is 0 Å². The molecule has 0 aliphatic rings. The van der Waals surface area contributed by atoms with E-state index in [-0.39, 0.29) is 21.5 Å². The molecule has 2 aromatic rings. The minimum absolute atomic E-state index is 0.00367. The monoisotopic (exact) mass is 366 g/mol. The van der Waals surface area contributed by atoms with Crippen LogP contribution in [0, 0.1) is 0 Å². The van der Waals surface area contributed by atoms with Crippen molar-refractivity contribution < 1.29 is 13.5 Å². The molecule has 0 aliphatic heterocycles. The van der Waals surface area contributed by atoms with Gasteiger partial charge in [-0.2, -0.15) is 0 Å². The predicted octanol–water partition coefficient (Wildman–Crippen LogP) is 2.98. The first-order valence-electron chi connectivity index (χ1n) is 5.85. The SMILES string of the molecule is CC(NS(=O)(=O)c1cc(CO)c(Cl)cc1Cl)c1nccs1. The minimum Gasteiger partial charge on any atom is -0.392 e.